The first kappa shape index (κ1) is 15.9. The Labute approximate surface area is 141 Å². The topological polar surface area (TPSA) is 59.2 Å². The van der Waals surface area contributed by atoms with Crippen LogP contribution < -0.4 is 0 Å². The second-order valence-electron chi connectivity index (χ2n) is 6.06. The highest BCUT2D eigenvalue weighted by Gasteiger charge is 2.35. The van der Waals surface area contributed by atoms with Crippen LogP contribution in [-0.2, 0) is 25.7 Å². The van der Waals surface area contributed by atoms with Gasteiger partial charge in [-0.3, -0.25) is 9.30 Å². The monoisotopic (exact) mass is 348 g/mol. The van der Waals surface area contributed by atoms with E-state index < -0.39 is 12.0 Å². The maximum Gasteiger partial charge on any atom is 0.451 e. The van der Waals surface area contributed by atoms with Crippen LogP contribution in [0.4, 0.5) is 13.2 Å². The Kier molecular flexibility index (Phi) is 3.68. The van der Waals surface area contributed by atoms with E-state index in [9.17, 15) is 13.2 Å². The Bertz CT molecular complexity index is 933. The van der Waals surface area contributed by atoms with Crippen molar-refractivity contribution in [1.82, 2.24) is 29.2 Å². The molecule has 0 atom stereocenters. The predicted molar refractivity (Wildman–Crippen MR) is 82.6 cm³/mol. The zero-order valence-electron chi connectivity index (χ0n) is 13.5. The van der Waals surface area contributed by atoms with Gasteiger partial charge in [-0.15, -0.1) is 0 Å². The van der Waals surface area contributed by atoms with Gasteiger partial charge in [0, 0.05) is 50.2 Å². The summed E-state index contributed by atoms with van der Waals surface area (Å²) in [7, 11) is 0. The lowest BCUT2D eigenvalue weighted by molar-refractivity contribution is -0.145. The van der Waals surface area contributed by atoms with E-state index in [1.54, 1.807) is 6.20 Å². The van der Waals surface area contributed by atoms with E-state index in [4.69, 9.17) is 0 Å². The molecule has 25 heavy (non-hydrogen) atoms. The molecule has 0 aromatic carbocycles. The minimum Gasteiger partial charge on any atom is -0.293 e. The van der Waals surface area contributed by atoms with Gasteiger partial charge in [0.2, 0.25) is 11.6 Å². The number of imidazole rings is 1. The maximum atomic E-state index is 12.7. The number of nitrogens with zero attached hydrogens (tertiary/aromatic N) is 6. The van der Waals surface area contributed by atoms with E-state index in [2.05, 4.69) is 24.8 Å². The third-order valence-electron chi connectivity index (χ3n) is 4.34. The molecular weight excluding hydrogens is 333 g/mol. The Morgan fingerprint density at radius 3 is 2.84 bits per heavy atom. The van der Waals surface area contributed by atoms with Gasteiger partial charge in [0.1, 0.15) is 0 Å². The van der Waals surface area contributed by atoms with Gasteiger partial charge in [-0.25, -0.2) is 19.9 Å². The van der Waals surface area contributed by atoms with Crippen molar-refractivity contribution in [3.05, 3.63) is 53.1 Å². The second kappa shape index (κ2) is 5.76. The van der Waals surface area contributed by atoms with Crippen LogP contribution in [0.25, 0.3) is 5.78 Å². The van der Waals surface area contributed by atoms with E-state index in [1.807, 2.05) is 23.6 Å². The molecular formula is C16H15F3N6. The number of rotatable bonds is 2. The smallest absolute Gasteiger partial charge is 0.293 e. The summed E-state index contributed by atoms with van der Waals surface area (Å²) in [5.74, 6) is -0.422. The number of hydrogen-bond donors (Lipinski definition) is 0. The fourth-order valence-corrected chi connectivity index (χ4v) is 3.09. The highest BCUT2D eigenvalue weighted by Crippen LogP contribution is 2.28. The predicted octanol–water partition coefficient (Wildman–Crippen LogP) is 2.40. The van der Waals surface area contributed by atoms with Crippen molar-refractivity contribution >= 4 is 5.78 Å². The molecule has 3 aromatic heterocycles. The fourth-order valence-electron chi connectivity index (χ4n) is 3.09. The van der Waals surface area contributed by atoms with Gasteiger partial charge in [-0.2, -0.15) is 13.2 Å². The lowest BCUT2D eigenvalue weighted by atomic mass is 10.1. The van der Waals surface area contributed by atoms with Crippen molar-refractivity contribution in [1.29, 1.82) is 0 Å². The number of halogens is 3. The minimum atomic E-state index is -4.51. The van der Waals surface area contributed by atoms with E-state index in [1.165, 1.54) is 6.20 Å². The third-order valence-corrected chi connectivity index (χ3v) is 4.34. The van der Waals surface area contributed by atoms with Gasteiger partial charge < -0.3 is 0 Å². The lowest BCUT2D eigenvalue weighted by Gasteiger charge is -2.28. The summed E-state index contributed by atoms with van der Waals surface area (Å²) in [4.78, 5) is 18.0. The quantitative estimate of drug-likeness (QED) is 0.712. The van der Waals surface area contributed by atoms with Crippen molar-refractivity contribution < 1.29 is 13.2 Å². The van der Waals surface area contributed by atoms with Crippen molar-refractivity contribution in [3.8, 4) is 0 Å². The van der Waals surface area contributed by atoms with Crippen LogP contribution in [0.15, 0.2) is 24.7 Å². The van der Waals surface area contributed by atoms with Gasteiger partial charge in [-0.1, -0.05) is 0 Å². The summed E-state index contributed by atoms with van der Waals surface area (Å²) in [6.07, 6.45) is 0.856. The maximum absolute atomic E-state index is 12.7. The van der Waals surface area contributed by atoms with Crippen LogP contribution in [0.2, 0.25) is 0 Å². The lowest BCUT2D eigenvalue weighted by Crippen LogP contribution is -2.32. The van der Waals surface area contributed by atoms with E-state index in [-0.39, 0.29) is 0 Å². The highest BCUT2D eigenvalue weighted by molar-refractivity contribution is 5.35. The van der Waals surface area contributed by atoms with E-state index in [0.29, 0.717) is 37.5 Å². The molecule has 0 amide bonds. The molecule has 4 heterocycles. The Morgan fingerprint density at radius 2 is 2.04 bits per heavy atom. The second-order valence-corrected chi connectivity index (χ2v) is 6.06. The van der Waals surface area contributed by atoms with Gasteiger partial charge in [0.25, 0.3) is 0 Å². The normalized spacial score (nSPS) is 15.5. The van der Waals surface area contributed by atoms with Crippen LogP contribution >= 0.6 is 0 Å². The van der Waals surface area contributed by atoms with Crippen LogP contribution in [-0.4, -0.2) is 35.8 Å². The Balaban J connectivity index is 1.57. The summed E-state index contributed by atoms with van der Waals surface area (Å²) in [5.41, 5.74) is 3.14. The molecule has 3 aromatic rings. The number of aromatic nitrogens is 5. The standard InChI is InChI=1S/C16H15F3N6/c1-10-13(25-5-2-4-20-15(25)22-10)9-24-6-3-12-11(8-24)7-21-14(23-12)16(17,18)19/h2,4-5,7H,3,6,8-9H2,1H3. The first-order valence-corrected chi connectivity index (χ1v) is 7.85. The molecule has 0 saturated heterocycles. The summed E-state index contributed by atoms with van der Waals surface area (Å²) >= 11 is 0. The SMILES string of the molecule is Cc1nc2ncccn2c1CN1CCc2nc(C(F)(F)F)ncc2C1. The average Bonchev–Trinajstić information content (AvgIpc) is 2.89. The summed E-state index contributed by atoms with van der Waals surface area (Å²) in [5, 5.41) is 0. The molecule has 0 fully saturated rings. The molecule has 0 unspecified atom stereocenters. The van der Waals surface area contributed by atoms with Crippen molar-refractivity contribution in [2.45, 2.75) is 32.6 Å². The van der Waals surface area contributed by atoms with Gasteiger partial charge in [-0.05, 0) is 13.0 Å². The molecule has 0 bridgehead atoms. The van der Waals surface area contributed by atoms with Gasteiger partial charge >= 0.3 is 6.18 Å². The number of fused-ring (bicyclic) bond motifs is 2. The molecule has 0 saturated carbocycles. The molecule has 0 spiro atoms. The summed E-state index contributed by atoms with van der Waals surface area (Å²) in [6.45, 7) is 3.72. The Morgan fingerprint density at radius 1 is 1.20 bits per heavy atom. The average molecular weight is 348 g/mol. The Hall–Kier alpha value is -2.55. The first-order valence-electron chi connectivity index (χ1n) is 7.85. The third kappa shape index (κ3) is 2.95. The molecule has 0 N–H and O–H groups in total. The van der Waals surface area contributed by atoms with E-state index in [0.717, 1.165) is 17.0 Å². The minimum absolute atomic E-state index is 0.467. The molecule has 1 aliphatic heterocycles. The van der Waals surface area contributed by atoms with Crippen molar-refractivity contribution in [3.63, 3.8) is 0 Å². The zero-order valence-corrected chi connectivity index (χ0v) is 13.5. The van der Waals surface area contributed by atoms with Gasteiger partial charge in [0.05, 0.1) is 17.1 Å². The number of hydrogen-bond acceptors (Lipinski definition) is 5. The first-order chi connectivity index (χ1) is 11.9. The van der Waals surface area contributed by atoms with Gasteiger partial charge in [0.15, 0.2) is 0 Å². The van der Waals surface area contributed by atoms with E-state index >= 15 is 0 Å². The number of aryl methyl sites for hydroxylation is 1. The molecule has 4 rings (SSSR count). The van der Waals surface area contributed by atoms with Crippen molar-refractivity contribution in [2.24, 2.45) is 0 Å². The fraction of sp³-hybridized carbons (Fsp3) is 0.375. The molecule has 0 radical (unpaired) electrons. The molecule has 6 nitrogen and oxygen atoms in total. The van der Waals surface area contributed by atoms with Crippen molar-refractivity contribution in [2.75, 3.05) is 6.54 Å². The molecule has 0 aliphatic carbocycles. The summed E-state index contributed by atoms with van der Waals surface area (Å²) in [6, 6.07) is 1.84. The van der Waals surface area contributed by atoms with Crippen LogP contribution in [0, 0.1) is 6.92 Å². The highest BCUT2D eigenvalue weighted by atomic mass is 19.4. The molecule has 9 heteroatoms. The summed E-state index contributed by atoms with van der Waals surface area (Å²) < 4.78 is 40.1. The number of alkyl halides is 3. The molecule has 130 valence electrons. The van der Waals surface area contributed by atoms with Crippen LogP contribution in [0.5, 0.6) is 0 Å². The van der Waals surface area contributed by atoms with Crippen LogP contribution in [0.3, 0.4) is 0 Å². The zero-order chi connectivity index (χ0) is 17.6. The molecule has 1 aliphatic rings. The largest absolute Gasteiger partial charge is 0.451 e. The van der Waals surface area contributed by atoms with Crippen LogP contribution in [0.1, 0.15) is 28.5 Å².